The topological polar surface area (TPSA) is 158 Å². The molecule has 2 aliphatic rings. The van der Waals surface area contributed by atoms with Crippen molar-refractivity contribution in [3.05, 3.63) is 71.8 Å². The molecule has 4 rings (SSSR count). The molecule has 2 aromatic carbocycles. The number of aryl methyl sites for hydroxylation is 1. The molecule has 5 atom stereocenters. The monoisotopic (exact) mass is 719 g/mol. The number of rotatable bonds is 20. The average Bonchev–Trinajstić information content (AvgIpc) is 3.87. The lowest BCUT2D eigenvalue weighted by Gasteiger charge is -2.29. The number of ketones is 1. The van der Waals surface area contributed by atoms with Crippen molar-refractivity contribution in [2.45, 2.75) is 96.5 Å². The molecule has 2 fully saturated rings. The van der Waals surface area contributed by atoms with Gasteiger partial charge in [0.1, 0.15) is 23.7 Å². The molecule has 12 heteroatoms. The van der Waals surface area contributed by atoms with Crippen LogP contribution in [0.3, 0.4) is 0 Å². The van der Waals surface area contributed by atoms with Crippen LogP contribution in [-0.4, -0.2) is 104 Å². The van der Waals surface area contributed by atoms with E-state index >= 15 is 0 Å². The molecule has 4 amide bonds. The quantitative estimate of drug-likeness (QED) is 0.152. The predicted octanol–water partition coefficient (Wildman–Crippen LogP) is 2.58. The maximum Gasteiger partial charge on any atom is 0.243 e. The van der Waals surface area contributed by atoms with Gasteiger partial charge < -0.3 is 30.7 Å². The lowest BCUT2D eigenvalue weighted by molar-refractivity contribution is -0.135. The highest BCUT2D eigenvalue weighted by molar-refractivity contribution is 5.98. The van der Waals surface area contributed by atoms with Crippen molar-refractivity contribution in [1.29, 1.82) is 0 Å². The summed E-state index contributed by atoms with van der Waals surface area (Å²) in [4.78, 5) is 70.5. The standard InChI is InChI=1S/C40H57N5O7/c1-27(2)22-32(36(47)40(5)26-52-40)42-39(50)34(24-30-14-10-7-11-15-30)44-38(49)33(23-28(3)4)43-37(48)31(17-16-29-12-8-6-9-13-29)41-35(46)25-45-18-20-51-21-19-45/h6-15,27-28,31-34H,16-26H2,1-5H3,(H,41,46)(H,42,50)(H,43,48)(H,44,49)/t31?,32-,33-,34?,40+/m0/s1. The second-order valence-electron chi connectivity index (χ2n) is 15.0. The predicted molar refractivity (Wildman–Crippen MR) is 198 cm³/mol. The third-order valence-corrected chi connectivity index (χ3v) is 9.38. The summed E-state index contributed by atoms with van der Waals surface area (Å²) in [6, 6.07) is 15.3. The largest absolute Gasteiger partial charge is 0.379 e. The van der Waals surface area contributed by atoms with Gasteiger partial charge in [-0.15, -0.1) is 0 Å². The summed E-state index contributed by atoms with van der Waals surface area (Å²) in [5.74, 6) is -1.83. The van der Waals surface area contributed by atoms with Crippen LogP contribution in [-0.2, 0) is 46.3 Å². The molecule has 0 radical (unpaired) electrons. The summed E-state index contributed by atoms with van der Waals surface area (Å²) in [6.07, 6.45) is 1.76. The van der Waals surface area contributed by atoms with Gasteiger partial charge in [-0.05, 0) is 55.6 Å². The van der Waals surface area contributed by atoms with Gasteiger partial charge in [0.15, 0.2) is 5.78 Å². The van der Waals surface area contributed by atoms with Gasteiger partial charge in [-0.2, -0.15) is 0 Å². The first-order chi connectivity index (χ1) is 24.8. The molecule has 2 aliphatic heterocycles. The van der Waals surface area contributed by atoms with E-state index in [1.54, 1.807) is 6.92 Å². The minimum atomic E-state index is -1.03. The molecule has 0 bridgehead atoms. The van der Waals surface area contributed by atoms with Crippen molar-refractivity contribution in [3.8, 4) is 0 Å². The first kappa shape index (κ1) is 40.6. The second kappa shape index (κ2) is 19.6. The number of hydrogen-bond donors (Lipinski definition) is 4. The third-order valence-electron chi connectivity index (χ3n) is 9.38. The van der Waals surface area contributed by atoms with Gasteiger partial charge in [-0.3, -0.25) is 28.9 Å². The third kappa shape index (κ3) is 13.1. The number of carbonyl (C=O) groups is 5. The minimum absolute atomic E-state index is 0.0171. The van der Waals surface area contributed by atoms with E-state index < -0.39 is 47.5 Å². The highest BCUT2D eigenvalue weighted by atomic mass is 16.6. The van der Waals surface area contributed by atoms with E-state index in [0.717, 1.165) is 11.1 Å². The maximum atomic E-state index is 14.1. The van der Waals surface area contributed by atoms with Gasteiger partial charge in [0.2, 0.25) is 23.6 Å². The van der Waals surface area contributed by atoms with Crippen LogP contribution < -0.4 is 21.3 Å². The van der Waals surface area contributed by atoms with Crippen molar-refractivity contribution < 1.29 is 33.4 Å². The van der Waals surface area contributed by atoms with Gasteiger partial charge >= 0.3 is 0 Å². The van der Waals surface area contributed by atoms with Crippen LogP contribution in [0.5, 0.6) is 0 Å². The Bertz CT molecular complexity index is 1480. The molecule has 284 valence electrons. The molecular formula is C40H57N5O7. The SMILES string of the molecule is CC(C)C[C@H](NC(=O)C(CCc1ccccc1)NC(=O)CN1CCOCC1)C(=O)NC(Cc1ccccc1)C(=O)N[C@@H](CC(C)C)C(=O)[C@@]1(C)CO1. The fraction of sp³-hybridized carbons (Fsp3) is 0.575. The number of Topliss-reactive ketones (excluding diaryl/α,β-unsaturated/α-hetero) is 1. The van der Waals surface area contributed by atoms with Gasteiger partial charge in [0, 0.05) is 19.5 Å². The van der Waals surface area contributed by atoms with Crippen LogP contribution in [0.25, 0.3) is 0 Å². The van der Waals surface area contributed by atoms with Crippen LogP contribution in [0.2, 0.25) is 0 Å². The molecule has 0 saturated carbocycles. The van der Waals surface area contributed by atoms with Crippen LogP contribution >= 0.6 is 0 Å². The highest BCUT2D eigenvalue weighted by Gasteiger charge is 2.50. The summed E-state index contributed by atoms with van der Waals surface area (Å²) in [7, 11) is 0. The molecule has 0 aliphatic carbocycles. The van der Waals surface area contributed by atoms with Crippen molar-refractivity contribution in [3.63, 3.8) is 0 Å². The number of benzene rings is 2. The summed E-state index contributed by atoms with van der Waals surface area (Å²) in [6.45, 7) is 12.3. The molecule has 2 aromatic rings. The summed E-state index contributed by atoms with van der Waals surface area (Å²) < 4.78 is 10.8. The van der Waals surface area contributed by atoms with E-state index in [1.165, 1.54) is 0 Å². The summed E-state index contributed by atoms with van der Waals surface area (Å²) >= 11 is 0. The van der Waals surface area contributed by atoms with Crippen LogP contribution in [0.4, 0.5) is 0 Å². The second-order valence-corrected chi connectivity index (χ2v) is 15.0. The lowest BCUT2D eigenvalue weighted by atomic mass is 9.93. The number of nitrogens with zero attached hydrogens (tertiary/aromatic N) is 1. The Morgan fingerprint density at radius 3 is 1.77 bits per heavy atom. The minimum Gasteiger partial charge on any atom is -0.379 e. The first-order valence-corrected chi connectivity index (χ1v) is 18.6. The van der Waals surface area contributed by atoms with Crippen LogP contribution in [0, 0.1) is 11.8 Å². The highest BCUT2D eigenvalue weighted by Crippen LogP contribution is 2.29. The normalized spacial score (nSPS) is 19.6. The molecule has 2 heterocycles. The molecule has 0 spiro atoms. The number of nitrogens with one attached hydrogen (secondary N) is 4. The van der Waals surface area contributed by atoms with Gasteiger partial charge in [-0.1, -0.05) is 88.4 Å². The van der Waals surface area contributed by atoms with Crippen LogP contribution in [0.1, 0.15) is 65.0 Å². The Kier molecular flexibility index (Phi) is 15.3. The fourth-order valence-electron chi connectivity index (χ4n) is 6.33. The van der Waals surface area contributed by atoms with Gasteiger partial charge in [0.05, 0.1) is 32.4 Å². The van der Waals surface area contributed by atoms with Gasteiger partial charge in [0.25, 0.3) is 0 Å². The zero-order valence-corrected chi connectivity index (χ0v) is 31.3. The Balaban J connectivity index is 1.51. The average molecular weight is 720 g/mol. The van der Waals surface area contributed by atoms with Crippen molar-refractivity contribution in [2.24, 2.45) is 11.8 Å². The molecule has 12 nitrogen and oxygen atoms in total. The number of amides is 4. The zero-order chi connectivity index (χ0) is 37.7. The Labute approximate surface area is 308 Å². The number of hydrogen-bond acceptors (Lipinski definition) is 8. The molecule has 4 N–H and O–H groups in total. The van der Waals surface area contributed by atoms with Gasteiger partial charge in [-0.25, -0.2) is 0 Å². The first-order valence-electron chi connectivity index (χ1n) is 18.6. The molecule has 2 unspecified atom stereocenters. The molecular weight excluding hydrogens is 662 g/mol. The smallest absolute Gasteiger partial charge is 0.243 e. The number of epoxide rings is 1. The molecule has 52 heavy (non-hydrogen) atoms. The summed E-state index contributed by atoms with van der Waals surface area (Å²) in [5, 5.41) is 11.7. The van der Waals surface area contributed by atoms with E-state index in [1.807, 2.05) is 93.3 Å². The Morgan fingerprint density at radius 1 is 0.692 bits per heavy atom. The van der Waals surface area contributed by atoms with E-state index in [4.69, 9.17) is 9.47 Å². The molecule has 2 saturated heterocycles. The van der Waals surface area contributed by atoms with Crippen molar-refractivity contribution in [1.82, 2.24) is 26.2 Å². The van der Waals surface area contributed by atoms with E-state index in [0.29, 0.717) is 58.6 Å². The fourth-order valence-corrected chi connectivity index (χ4v) is 6.33. The van der Waals surface area contributed by atoms with E-state index in [2.05, 4.69) is 21.3 Å². The lowest BCUT2D eigenvalue weighted by Crippen LogP contribution is -2.59. The summed E-state index contributed by atoms with van der Waals surface area (Å²) in [5.41, 5.74) is 0.915. The van der Waals surface area contributed by atoms with Crippen molar-refractivity contribution in [2.75, 3.05) is 39.5 Å². The Morgan fingerprint density at radius 2 is 1.19 bits per heavy atom. The molecule has 0 aromatic heterocycles. The Hall–Kier alpha value is -4.13. The number of carbonyl (C=O) groups excluding carboxylic acids is 5. The van der Waals surface area contributed by atoms with Crippen LogP contribution in [0.15, 0.2) is 60.7 Å². The van der Waals surface area contributed by atoms with Crippen molar-refractivity contribution >= 4 is 29.4 Å². The van der Waals surface area contributed by atoms with E-state index in [-0.39, 0.29) is 36.5 Å². The zero-order valence-electron chi connectivity index (χ0n) is 31.3. The number of morpholine rings is 1. The number of ether oxygens (including phenoxy) is 2. The van der Waals surface area contributed by atoms with E-state index in [9.17, 15) is 24.0 Å². The maximum absolute atomic E-state index is 14.1.